The number of nitrogens with one attached hydrogen (secondary N) is 1. The minimum absolute atomic E-state index is 0.374. The number of piperazine rings is 1. The van der Waals surface area contributed by atoms with Crippen molar-refractivity contribution in [3.05, 3.63) is 23.9 Å². The molecule has 0 bridgehead atoms. The normalized spacial score (nSPS) is 20.2. The van der Waals surface area contributed by atoms with Gasteiger partial charge in [0.05, 0.1) is 6.54 Å². The van der Waals surface area contributed by atoms with Crippen LogP contribution >= 0.6 is 0 Å². The van der Waals surface area contributed by atoms with Gasteiger partial charge >= 0.3 is 6.18 Å². The number of nitrogens with zero attached hydrogens (tertiary/aromatic N) is 5. The first kappa shape index (κ1) is 21.7. The quantitative estimate of drug-likeness (QED) is 0.595. The molecule has 1 unspecified atom stereocenters. The molecule has 2 aliphatic rings. The molecular weight excluding hydrogens is 381 g/mol. The molecule has 0 aliphatic carbocycles. The Labute approximate surface area is 170 Å². The maximum Gasteiger partial charge on any atom is 0.403 e. The highest BCUT2D eigenvalue weighted by Gasteiger charge is 2.41. The molecule has 0 saturated carbocycles. The Balaban J connectivity index is 1.61. The zero-order valence-corrected chi connectivity index (χ0v) is 17.3. The van der Waals surface area contributed by atoms with E-state index in [2.05, 4.69) is 21.3 Å². The van der Waals surface area contributed by atoms with E-state index in [-0.39, 0.29) is 0 Å². The van der Waals surface area contributed by atoms with Gasteiger partial charge in [0.1, 0.15) is 11.9 Å². The van der Waals surface area contributed by atoms with Crippen molar-refractivity contribution in [2.75, 3.05) is 50.7 Å². The van der Waals surface area contributed by atoms with Gasteiger partial charge in [-0.3, -0.25) is 4.90 Å². The summed E-state index contributed by atoms with van der Waals surface area (Å²) in [6.07, 6.45) is 0.0407. The number of guanidine groups is 1. The van der Waals surface area contributed by atoms with Gasteiger partial charge in [-0.1, -0.05) is 0 Å². The molecule has 1 atom stereocenters. The van der Waals surface area contributed by atoms with Crippen molar-refractivity contribution < 1.29 is 13.2 Å². The maximum absolute atomic E-state index is 13.0. The third-order valence-electron chi connectivity index (χ3n) is 5.62. The van der Waals surface area contributed by atoms with Gasteiger partial charge in [0, 0.05) is 52.0 Å². The molecule has 0 amide bonds. The first-order valence-corrected chi connectivity index (χ1v) is 10.4. The Morgan fingerprint density at radius 3 is 2.48 bits per heavy atom. The van der Waals surface area contributed by atoms with Gasteiger partial charge in [0.2, 0.25) is 0 Å². The van der Waals surface area contributed by atoms with Gasteiger partial charge in [-0.25, -0.2) is 9.98 Å². The summed E-state index contributed by atoms with van der Waals surface area (Å²) in [4.78, 5) is 15.0. The van der Waals surface area contributed by atoms with Crippen LogP contribution in [0.3, 0.4) is 0 Å². The Hall–Kier alpha value is -2.03. The van der Waals surface area contributed by atoms with E-state index in [1.807, 2.05) is 24.1 Å². The Morgan fingerprint density at radius 1 is 1.17 bits per heavy atom. The van der Waals surface area contributed by atoms with E-state index in [0.29, 0.717) is 39.3 Å². The van der Waals surface area contributed by atoms with E-state index in [1.54, 1.807) is 0 Å². The second-order valence-electron chi connectivity index (χ2n) is 7.63. The Bertz CT molecular complexity index is 679. The zero-order valence-electron chi connectivity index (χ0n) is 17.3. The number of rotatable bonds is 5. The topological polar surface area (TPSA) is 47.0 Å². The second-order valence-corrected chi connectivity index (χ2v) is 7.63. The molecule has 1 N–H and O–H groups in total. The van der Waals surface area contributed by atoms with Crippen molar-refractivity contribution in [3.63, 3.8) is 0 Å². The molecule has 2 fully saturated rings. The van der Waals surface area contributed by atoms with E-state index in [4.69, 9.17) is 4.99 Å². The fourth-order valence-corrected chi connectivity index (χ4v) is 3.80. The van der Waals surface area contributed by atoms with Crippen LogP contribution in [-0.4, -0.2) is 78.8 Å². The van der Waals surface area contributed by atoms with Crippen LogP contribution in [0.5, 0.6) is 0 Å². The monoisotopic (exact) mass is 412 g/mol. The fraction of sp³-hybridized carbons (Fsp3) is 0.700. The number of pyridine rings is 1. The molecule has 29 heavy (non-hydrogen) atoms. The number of alkyl halides is 3. The van der Waals surface area contributed by atoms with Crippen molar-refractivity contribution in [2.24, 2.45) is 4.99 Å². The molecule has 3 rings (SSSR count). The molecular formula is C20H31F3N6. The summed E-state index contributed by atoms with van der Waals surface area (Å²) in [5, 5.41) is 3.28. The smallest absolute Gasteiger partial charge is 0.357 e. The van der Waals surface area contributed by atoms with Crippen LogP contribution in [-0.2, 0) is 6.54 Å². The average Bonchev–Trinajstić information content (AvgIpc) is 3.25. The summed E-state index contributed by atoms with van der Waals surface area (Å²) in [6.45, 7) is 8.36. The van der Waals surface area contributed by atoms with Crippen LogP contribution in [0.4, 0.5) is 19.0 Å². The molecule has 9 heteroatoms. The van der Waals surface area contributed by atoms with Crippen molar-refractivity contribution in [1.82, 2.24) is 20.1 Å². The lowest BCUT2D eigenvalue weighted by Crippen LogP contribution is -2.56. The molecule has 1 aromatic heterocycles. The third-order valence-corrected chi connectivity index (χ3v) is 5.62. The molecule has 162 valence electrons. The fourth-order valence-electron chi connectivity index (χ4n) is 3.80. The largest absolute Gasteiger partial charge is 0.403 e. The van der Waals surface area contributed by atoms with Gasteiger partial charge in [-0.05, 0) is 44.4 Å². The summed E-state index contributed by atoms with van der Waals surface area (Å²) in [5.74, 6) is 1.75. The minimum atomic E-state index is -4.19. The highest BCUT2D eigenvalue weighted by molar-refractivity contribution is 5.80. The molecule has 0 spiro atoms. The third kappa shape index (κ3) is 5.74. The highest BCUT2D eigenvalue weighted by Crippen LogP contribution is 2.25. The maximum atomic E-state index is 13.0. The van der Waals surface area contributed by atoms with Gasteiger partial charge in [-0.2, -0.15) is 13.2 Å². The molecule has 6 nitrogen and oxygen atoms in total. The minimum Gasteiger partial charge on any atom is -0.357 e. The SMILES string of the molecule is CCNC(=NCc1ccnc(N2CCCC2)c1)N1CCN(C(C)C(F)(F)F)CC1. The van der Waals surface area contributed by atoms with E-state index in [0.717, 1.165) is 30.4 Å². The molecule has 2 aliphatic heterocycles. The second kappa shape index (κ2) is 9.65. The van der Waals surface area contributed by atoms with Gasteiger partial charge in [0.25, 0.3) is 0 Å². The number of hydrogen-bond donors (Lipinski definition) is 1. The van der Waals surface area contributed by atoms with Crippen molar-refractivity contribution in [2.45, 2.75) is 45.5 Å². The molecule has 0 aromatic carbocycles. The van der Waals surface area contributed by atoms with Crippen LogP contribution in [0, 0.1) is 0 Å². The van der Waals surface area contributed by atoms with Crippen molar-refractivity contribution >= 4 is 11.8 Å². The van der Waals surface area contributed by atoms with E-state index < -0.39 is 12.2 Å². The van der Waals surface area contributed by atoms with Crippen molar-refractivity contribution in [1.29, 1.82) is 0 Å². The molecule has 0 radical (unpaired) electrons. The predicted molar refractivity (Wildman–Crippen MR) is 109 cm³/mol. The first-order chi connectivity index (χ1) is 13.9. The highest BCUT2D eigenvalue weighted by atomic mass is 19.4. The summed E-state index contributed by atoms with van der Waals surface area (Å²) in [7, 11) is 0. The lowest BCUT2D eigenvalue weighted by atomic mass is 10.2. The zero-order chi connectivity index (χ0) is 20.9. The standard InChI is InChI=1S/C20H31F3N6/c1-3-24-19(29-12-10-27(11-13-29)16(2)20(21,22)23)26-15-17-6-7-25-18(14-17)28-8-4-5-9-28/h6-7,14,16H,3-5,8-13,15H2,1-2H3,(H,24,26). The average molecular weight is 413 g/mol. The Kier molecular flexibility index (Phi) is 7.21. The van der Waals surface area contributed by atoms with Crippen LogP contribution in [0.2, 0.25) is 0 Å². The number of hydrogen-bond acceptors (Lipinski definition) is 4. The number of aliphatic imine (C=N–C) groups is 1. The first-order valence-electron chi connectivity index (χ1n) is 10.4. The summed E-state index contributed by atoms with van der Waals surface area (Å²) < 4.78 is 38.9. The number of aromatic nitrogens is 1. The predicted octanol–water partition coefficient (Wildman–Crippen LogP) is 2.72. The number of halogens is 3. The Morgan fingerprint density at radius 2 is 1.86 bits per heavy atom. The van der Waals surface area contributed by atoms with Crippen LogP contribution in [0.1, 0.15) is 32.3 Å². The van der Waals surface area contributed by atoms with Crippen molar-refractivity contribution in [3.8, 4) is 0 Å². The summed E-state index contributed by atoms with van der Waals surface area (Å²) in [5.41, 5.74) is 1.08. The van der Waals surface area contributed by atoms with E-state index >= 15 is 0 Å². The van der Waals surface area contributed by atoms with Crippen LogP contribution < -0.4 is 10.2 Å². The molecule has 3 heterocycles. The van der Waals surface area contributed by atoms with E-state index in [9.17, 15) is 13.2 Å². The summed E-state index contributed by atoms with van der Waals surface area (Å²) >= 11 is 0. The van der Waals surface area contributed by atoms with Gasteiger partial charge in [-0.15, -0.1) is 0 Å². The molecule has 1 aromatic rings. The molecule has 2 saturated heterocycles. The lowest BCUT2D eigenvalue weighted by Gasteiger charge is -2.39. The van der Waals surface area contributed by atoms with E-state index in [1.165, 1.54) is 24.7 Å². The van der Waals surface area contributed by atoms with Gasteiger partial charge < -0.3 is 15.1 Å². The van der Waals surface area contributed by atoms with Gasteiger partial charge in [0.15, 0.2) is 5.96 Å². The van der Waals surface area contributed by atoms with Crippen LogP contribution in [0.15, 0.2) is 23.3 Å². The number of anilines is 1. The summed E-state index contributed by atoms with van der Waals surface area (Å²) in [6, 6.07) is 2.64. The van der Waals surface area contributed by atoms with Crippen LogP contribution in [0.25, 0.3) is 0 Å². The lowest BCUT2D eigenvalue weighted by molar-refractivity contribution is -0.181.